The summed E-state index contributed by atoms with van der Waals surface area (Å²) in [6.45, 7) is 4.36. The van der Waals surface area contributed by atoms with E-state index in [4.69, 9.17) is 4.74 Å². The van der Waals surface area contributed by atoms with Gasteiger partial charge >= 0.3 is 0 Å². The molecule has 0 unspecified atom stereocenters. The molecule has 0 spiro atoms. The zero-order valence-electron chi connectivity index (χ0n) is 16.9. The summed E-state index contributed by atoms with van der Waals surface area (Å²) in [4.78, 5) is 12.5. The van der Waals surface area contributed by atoms with Crippen LogP contribution in [0.15, 0.2) is 48.5 Å². The number of sulfonamides is 1. The van der Waals surface area contributed by atoms with Crippen molar-refractivity contribution >= 4 is 21.6 Å². The molecule has 8 heteroatoms. The number of halogens is 1. The molecular weight excluding hydrogens is 395 g/mol. The normalized spacial score (nSPS) is 12.3. The smallest absolute Gasteiger partial charge is 0.243 e. The first-order chi connectivity index (χ1) is 13.7. The zero-order valence-corrected chi connectivity index (χ0v) is 17.7. The number of nitrogens with zero attached hydrogens (tertiary/aromatic N) is 1. The molecule has 2 aromatic rings. The van der Waals surface area contributed by atoms with Crippen LogP contribution in [-0.4, -0.2) is 39.8 Å². The van der Waals surface area contributed by atoms with Crippen molar-refractivity contribution in [1.82, 2.24) is 5.32 Å². The Kier molecular flexibility index (Phi) is 8.01. The van der Waals surface area contributed by atoms with E-state index in [-0.39, 0.29) is 5.69 Å². The van der Waals surface area contributed by atoms with E-state index in [1.54, 1.807) is 0 Å². The van der Waals surface area contributed by atoms with E-state index < -0.39 is 27.8 Å². The van der Waals surface area contributed by atoms with E-state index in [0.717, 1.165) is 34.4 Å². The van der Waals surface area contributed by atoms with Gasteiger partial charge in [0.05, 0.1) is 18.6 Å². The van der Waals surface area contributed by atoms with E-state index in [9.17, 15) is 17.6 Å². The average molecular weight is 423 g/mol. The number of para-hydroxylation sites is 1. The third-order valence-corrected chi connectivity index (χ3v) is 5.58. The van der Waals surface area contributed by atoms with E-state index in [0.29, 0.717) is 19.6 Å². The number of carbonyl (C=O) groups excluding carboxylic acids is 1. The third-order valence-electron chi connectivity index (χ3n) is 4.35. The predicted octanol–water partition coefficient (Wildman–Crippen LogP) is 3.13. The highest BCUT2D eigenvalue weighted by atomic mass is 32.2. The Morgan fingerprint density at radius 1 is 1.17 bits per heavy atom. The van der Waals surface area contributed by atoms with Crippen molar-refractivity contribution < 1.29 is 22.3 Å². The Balaban J connectivity index is 1.93. The Morgan fingerprint density at radius 3 is 2.41 bits per heavy atom. The summed E-state index contributed by atoms with van der Waals surface area (Å²) in [5.41, 5.74) is 0.965. The fraction of sp³-hybridized carbons (Fsp3) is 0.381. The molecule has 0 aliphatic rings. The van der Waals surface area contributed by atoms with E-state index in [1.807, 2.05) is 31.2 Å². The molecule has 1 atom stereocenters. The van der Waals surface area contributed by atoms with Gasteiger partial charge < -0.3 is 10.1 Å². The minimum Gasteiger partial charge on any atom is -0.494 e. The monoisotopic (exact) mass is 422 g/mol. The van der Waals surface area contributed by atoms with Crippen LogP contribution in [-0.2, 0) is 21.2 Å². The molecular formula is C21H27FN2O4S. The molecule has 1 N–H and O–H groups in total. The SMILES string of the molecule is CCOc1ccc(CCCNC(=O)[C@@H](C)N(c2ccccc2F)S(C)(=O)=O)cc1. The third kappa shape index (κ3) is 6.45. The first-order valence-electron chi connectivity index (χ1n) is 9.47. The summed E-state index contributed by atoms with van der Waals surface area (Å²) in [5.74, 6) is -0.370. The Labute approximate surface area is 171 Å². The van der Waals surface area contributed by atoms with Crippen molar-refractivity contribution in [3.8, 4) is 5.75 Å². The maximum Gasteiger partial charge on any atom is 0.243 e. The molecule has 29 heavy (non-hydrogen) atoms. The van der Waals surface area contributed by atoms with Crippen LogP contribution in [0.5, 0.6) is 5.75 Å². The summed E-state index contributed by atoms with van der Waals surface area (Å²) in [5, 5.41) is 2.73. The number of carbonyl (C=O) groups is 1. The van der Waals surface area contributed by atoms with Crippen molar-refractivity contribution in [3.63, 3.8) is 0 Å². The molecule has 0 aliphatic carbocycles. The van der Waals surface area contributed by atoms with Crippen molar-refractivity contribution in [3.05, 3.63) is 59.9 Å². The average Bonchev–Trinajstić information content (AvgIpc) is 2.67. The van der Waals surface area contributed by atoms with Gasteiger partial charge in [-0.3, -0.25) is 9.10 Å². The van der Waals surface area contributed by atoms with Gasteiger partial charge in [-0.1, -0.05) is 24.3 Å². The molecule has 0 bridgehead atoms. The lowest BCUT2D eigenvalue weighted by atomic mass is 10.1. The molecule has 0 saturated heterocycles. The Hall–Kier alpha value is -2.61. The molecule has 2 aromatic carbocycles. The van der Waals surface area contributed by atoms with E-state index in [1.165, 1.54) is 25.1 Å². The van der Waals surface area contributed by atoms with E-state index >= 15 is 0 Å². The highest BCUT2D eigenvalue weighted by Gasteiger charge is 2.30. The molecule has 158 valence electrons. The van der Waals surface area contributed by atoms with Crippen molar-refractivity contribution in [1.29, 1.82) is 0 Å². The number of benzene rings is 2. The summed E-state index contributed by atoms with van der Waals surface area (Å²) < 4.78 is 44.7. The minimum absolute atomic E-state index is 0.146. The van der Waals surface area contributed by atoms with Crippen LogP contribution in [0.3, 0.4) is 0 Å². The molecule has 0 heterocycles. The fourth-order valence-electron chi connectivity index (χ4n) is 2.98. The summed E-state index contributed by atoms with van der Waals surface area (Å²) in [6, 6.07) is 12.2. The quantitative estimate of drug-likeness (QED) is 0.597. The van der Waals surface area contributed by atoms with Crippen molar-refractivity contribution in [2.45, 2.75) is 32.7 Å². The van der Waals surface area contributed by atoms with Crippen LogP contribution in [0.1, 0.15) is 25.8 Å². The van der Waals surface area contributed by atoms with Crippen LogP contribution >= 0.6 is 0 Å². The lowest BCUT2D eigenvalue weighted by molar-refractivity contribution is -0.121. The van der Waals surface area contributed by atoms with Gasteiger partial charge in [-0.15, -0.1) is 0 Å². The second-order valence-electron chi connectivity index (χ2n) is 6.66. The van der Waals surface area contributed by atoms with Crippen LogP contribution in [0, 0.1) is 5.82 Å². The number of hydrogen-bond donors (Lipinski definition) is 1. The Morgan fingerprint density at radius 2 is 1.83 bits per heavy atom. The number of hydrogen-bond acceptors (Lipinski definition) is 4. The Bertz CT molecular complexity index is 917. The van der Waals surface area contributed by atoms with Gasteiger partial charge in [0.2, 0.25) is 15.9 Å². The second kappa shape index (κ2) is 10.2. The van der Waals surface area contributed by atoms with Crippen LogP contribution in [0.2, 0.25) is 0 Å². The van der Waals surface area contributed by atoms with Crippen molar-refractivity contribution in [2.75, 3.05) is 23.7 Å². The number of ether oxygens (including phenoxy) is 1. The lowest BCUT2D eigenvalue weighted by Crippen LogP contribution is -2.48. The molecule has 0 radical (unpaired) electrons. The first kappa shape index (κ1) is 22.7. The van der Waals surface area contributed by atoms with Gasteiger partial charge in [0.1, 0.15) is 17.6 Å². The summed E-state index contributed by atoms with van der Waals surface area (Å²) in [6.07, 6.45) is 2.39. The maximum atomic E-state index is 14.1. The van der Waals surface area contributed by atoms with E-state index in [2.05, 4.69) is 5.32 Å². The highest BCUT2D eigenvalue weighted by Crippen LogP contribution is 2.24. The predicted molar refractivity (Wildman–Crippen MR) is 112 cm³/mol. The molecule has 6 nitrogen and oxygen atoms in total. The number of nitrogens with one attached hydrogen (secondary N) is 1. The maximum absolute atomic E-state index is 14.1. The van der Waals surface area contributed by atoms with Gasteiger partial charge in [-0.05, 0) is 56.5 Å². The zero-order chi connectivity index (χ0) is 21.4. The fourth-order valence-corrected chi connectivity index (χ4v) is 4.16. The molecule has 1 amide bonds. The number of aryl methyl sites for hydroxylation is 1. The summed E-state index contributed by atoms with van der Waals surface area (Å²) >= 11 is 0. The first-order valence-corrected chi connectivity index (χ1v) is 11.3. The standard InChI is InChI=1S/C21H27FN2O4S/c1-4-28-18-13-11-17(12-14-18)8-7-15-23-21(25)16(2)24(29(3,26)27)20-10-6-5-9-19(20)22/h5-6,9-14,16H,4,7-8,15H2,1-3H3,(H,23,25)/t16-/m1/s1. The molecule has 0 aromatic heterocycles. The van der Waals surface area contributed by atoms with Crippen LogP contribution in [0.25, 0.3) is 0 Å². The largest absolute Gasteiger partial charge is 0.494 e. The second-order valence-corrected chi connectivity index (χ2v) is 8.52. The van der Waals surface area contributed by atoms with Gasteiger partial charge in [-0.25, -0.2) is 12.8 Å². The molecule has 0 fully saturated rings. The molecule has 2 rings (SSSR count). The number of anilines is 1. The van der Waals surface area contributed by atoms with Gasteiger partial charge in [0.15, 0.2) is 0 Å². The van der Waals surface area contributed by atoms with Crippen molar-refractivity contribution in [2.24, 2.45) is 0 Å². The number of rotatable bonds is 10. The molecule has 0 saturated carbocycles. The number of amides is 1. The van der Waals surface area contributed by atoms with Gasteiger partial charge in [0, 0.05) is 6.54 Å². The topological polar surface area (TPSA) is 75.7 Å². The minimum atomic E-state index is -3.85. The van der Waals surface area contributed by atoms with Gasteiger partial charge in [0.25, 0.3) is 0 Å². The van der Waals surface area contributed by atoms with Crippen LogP contribution in [0.4, 0.5) is 10.1 Å². The summed E-state index contributed by atoms with van der Waals surface area (Å²) in [7, 11) is -3.85. The van der Waals surface area contributed by atoms with Crippen LogP contribution < -0.4 is 14.4 Å². The lowest BCUT2D eigenvalue weighted by Gasteiger charge is -2.28. The highest BCUT2D eigenvalue weighted by molar-refractivity contribution is 7.92. The molecule has 0 aliphatic heterocycles. The van der Waals surface area contributed by atoms with Gasteiger partial charge in [-0.2, -0.15) is 0 Å².